The van der Waals surface area contributed by atoms with Gasteiger partial charge in [-0.1, -0.05) is 55.5 Å². The van der Waals surface area contributed by atoms with Crippen LogP contribution < -0.4 is 0 Å². The van der Waals surface area contributed by atoms with Crippen molar-refractivity contribution < 1.29 is 4.79 Å². The summed E-state index contributed by atoms with van der Waals surface area (Å²) < 4.78 is 2.04. The van der Waals surface area contributed by atoms with Gasteiger partial charge in [0.1, 0.15) is 0 Å². The molecular formula is C24H16Br2O. The molecule has 2 aromatic rings. The van der Waals surface area contributed by atoms with Crippen LogP contribution in [0.15, 0.2) is 80.8 Å². The maximum atomic E-state index is 12.6. The Kier molecular flexibility index (Phi) is 6.88. The molecular weight excluding hydrogens is 464 g/mol. The highest BCUT2D eigenvalue weighted by molar-refractivity contribution is 9.10. The number of ketones is 1. The lowest BCUT2D eigenvalue weighted by Crippen LogP contribution is -2.12. The molecule has 1 fully saturated rings. The molecule has 0 atom stereocenters. The number of carbonyl (C=O) groups excluding carboxylic acids is 1. The van der Waals surface area contributed by atoms with E-state index < -0.39 is 0 Å². The summed E-state index contributed by atoms with van der Waals surface area (Å²) in [6.07, 6.45) is 5.99. The van der Waals surface area contributed by atoms with Crippen LogP contribution >= 0.6 is 31.9 Å². The summed E-state index contributed by atoms with van der Waals surface area (Å²) in [4.78, 5) is 12.6. The first-order valence-electron chi connectivity index (χ1n) is 8.59. The van der Waals surface area contributed by atoms with Gasteiger partial charge >= 0.3 is 0 Å². The molecule has 1 aliphatic rings. The number of carbonyl (C=O) groups is 1. The van der Waals surface area contributed by atoms with Crippen molar-refractivity contribution in [2.45, 2.75) is 19.3 Å². The first kappa shape index (κ1) is 19.4. The van der Waals surface area contributed by atoms with E-state index in [1.54, 1.807) is 12.2 Å². The predicted molar refractivity (Wildman–Crippen MR) is 117 cm³/mol. The third-order valence-electron chi connectivity index (χ3n) is 4.09. The second-order valence-corrected chi connectivity index (χ2v) is 7.91. The fourth-order valence-corrected chi connectivity index (χ4v) is 3.19. The fourth-order valence-electron chi connectivity index (χ4n) is 2.66. The van der Waals surface area contributed by atoms with Gasteiger partial charge in [0.15, 0.2) is 5.78 Å². The van der Waals surface area contributed by atoms with E-state index in [0.29, 0.717) is 0 Å². The Bertz CT molecular complexity index is 935. The molecule has 0 aliphatic heterocycles. The largest absolute Gasteiger partial charge is 0.289 e. The van der Waals surface area contributed by atoms with Crippen LogP contribution in [-0.2, 0) is 4.79 Å². The number of Topliss-reactive ketones (excluding diaryl/α,β-unsaturated/α-hetero) is 1. The summed E-state index contributed by atoms with van der Waals surface area (Å²) in [5, 5.41) is 0. The molecule has 0 N–H and O–H groups in total. The minimum absolute atomic E-state index is 0.0662. The zero-order valence-corrected chi connectivity index (χ0v) is 17.7. The summed E-state index contributed by atoms with van der Waals surface area (Å²) in [6.45, 7) is 0. The van der Waals surface area contributed by atoms with Crippen molar-refractivity contribution >= 4 is 37.6 Å². The number of halogens is 2. The molecule has 132 valence electrons. The number of hydrogen-bond acceptors (Lipinski definition) is 1. The minimum atomic E-state index is 0.0662. The molecule has 2 aromatic carbocycles. The van der Waals surface area contributed by atoms with Gasteiger partial charge in [-0.25, -0.2) is 0 Å². The molecule has 3 rings (SSSR count). The van der Waals surface area contributed by atoms with Crippen LogP contribution in [0.2, 0.25) is 0 Å². The summed E-state index contributed by atoms with van der Waals surface area (Å²) in [7, 11) is 0. The number of allylic oxidation sites excluding steroid dienone is 4. The zero-order valence-electron chi connectivity index (χ0n) is 14.6. The average molecular weight is 480 g/mol. The topological polar surface area (TPSA) is 17.1 Å². The standard InChI is InChI=1S/C24H16Br2O/c25-22-14-10-18(11-15-22)4-1-6-20-8-3-9-21(24(20)27)7-2-5-19-12-16-23(26)17-13-19/h6-7,10-17H,3,8-9H2/b20-6+,21-7+. The third kappa shape index (κ3) is 5.83. The van der Waals surface area contributed by atoms with E-state index in [-0.39, 0.29) is 5.78 Å². The fraction of sp³-hybridized carbons (Fsp3) is 0.125. The summed E-state index contributed by atoms with van der Waals surface area (Å²) in [5.41, 5.74) is 3.38. The number of benzene rings is 2. The summed E-state index contributed by atoms with van der Waals surface area (Å²) >= 11 is 6.81. The van der Waals surface area contributed by atoms with Crippen molar-refractivity contribution in [1.82, 2.24) is 0 Å². The van der Waals surface area contributed by atoms with Crippen LogP contribution in [0.1, 0.15) is 30.4 Å². The Balaban J connectivity index is 1.72. The van der Waals surface area contributed by atoms with Crippen molar-refractivity contribution in [3.05, 3.63) is 91.9 Å². The maximum absolute atomic E-state index is 12.6. The quantitative estimate of drug-likeness (QED) is 0.323. The molecule has 3 heteroatoms. The lowest BCUT2D eigenvalue weighted by atomic mass is 9.88. The summed E-state index contributed by atoms with van der Waals surface area (Å²) in [5.74, 6) is 12.2. The highest BCUT2D eigenvalue weighted by Crippen LogP contribution is 2.24. The molecule has 0 bridgehead atoms. The van der Waals surface area contributed by atoms with Gasteiger partial charge in [-0.05, 0) is 79.9 Å². The first-order chi connectivity index (χ1) is 13.1. The van der Waals surface area contributed by atoms with E-state index in [4.69, 9.17) is 0 Å². The highest BCUT2D eigenvalue weighted by Gasteiger charge is 2.19. The van der Waals surface area contributed by atoms with Gasteiger partial charge in [0.2, 0.25) is 0 Å². The maximum Gasteiger partial charge on any atom is 0.186 e. The molecule has 0 heterocycles. The lowest BCUT2D eigenvalue weighted by molar-refractivity contribution is -0.113. The number of hydrogen-bond donors (Lipinski definition) is 0. The van der Waals surface area contributed by atoms with Crippen LogP contribution in [0.4, 0.5) is 0 Å². The van der Waals surface area contributed by atoms with Crippen molar-refractivity contribution in [1.29, 1.82) is 0 Å². The molecule has 1 nitrogen and oxygen atoms in total. The first-order valence-corrected chi connectivity index (χ1v) is 10.2. The van der Waals surface area contributed by atoms with Crippen molar-refractivity contribution in [3.63, 3.8) is 0 Å². The molecule has 0 aromatic heterocycles. The average Bonchev–Trinajstić information content (AvgIpc) is 2.67. The van der Waals surface area contributed by atoms with E-state index in [0.717, 1.165) is 50.5 Å². The second kappa shape index (κ2) is 9.56. The van der Waals surface area contributed by atoms with E-state index in [1.807, 2.05) is 48.5 Å². The zero-order chi connectivity index (χ0) is 19.1. The Labute approximate surface area is 176 Å². The molecule has 0 spiro atoms. The molecule has 27 heavy (non-hydrogen) atoms. The smallest absolute Gasteiger partial charge is 0.186 e. The molecule has 1 aliphatic carbocycles. The van der Waals surface area contributed by atoms with Crippen LogP contribution in [0.3, 0.4) is 0 Å². The van der Waals surface area contributed by atoms with Gasteiger partial charge in [0, 0.05) is 31.2 Å². The molecule has 0 unspecified atom stereocenters. The van der Waals surface area contributed by atoms with Crippen LogP contribution in [-0.4, -0.2) is 5.78 Å². The molecule has 0 amide bonds. The second-order valence-electron chi connectivity index (χ2n) is 6.07. The van der Waals surface area contributed by atoms with Gasteiger partial charge in [-0.15, -0.1) is 0 Å². The Morgan fingerprint density at radius 3 is 1.52 bits per heavy atom. The van der Waals surface area contributed by atoms with Crippen molar-refractivity contribution in [2.75, 3.05) is 0 Å². The predicted octanol–water partition coefficient (Wildman–Crippen LogP) is 6.22. The van der Waals surface area contributed by atoms with Crippen molar-refractivity contribution in [3.8, 4) is 23.7 Å². The van der Waals surface area contributed by atoms with Crippen LogP contribution in [0.25, 0.3) is 0 Å². The van der Waals surface area contributed by atoms with Gasteiger partial charge in [-0.2, -0.15) is 0 Å². The van der Waals surface area contributed by atoms with E-state index in [9.17, 15) is 4.79 Å². The third-order valence-corrected chi connectivity index (χ3v) is 5.15. The Morgan fingerprint density at radius 2 is 1.11 bits per heavy atom. The Morgan fingerprint density at radius 1 is 0.704 bits per heavy atom. The number of rotatable bonds is 0. The SMILES string of the molecule is O=C1/C(=C/C#Cc2ccc(Br)cc2)CCC/C1=C\C#Cc1ccc(Br)cc1. The van der Waals surface area contributed by atoms with Gasteiger partial charge in [-0.3, -0.25) is 4.79 Å². The van der Waals surface area contributed by atoms with Crippen LogP contribution in [0.5, 0.6) is 0 Å². The van der Waals surface area contributed by atoms with Gasteiger partial charge < -0.3 is 0 Å². The van der Waals surface area contributed by atoms with Crippen molar-refractivity contribution in [2.24, 2.45) is 0 Å². The lowest BCUT2D eigenvalue weighted by Gasteiger charge is -2.14. The normalized spacial score (nSPS) is 16.4. The Hall–Kier alpha value is -2.33. The summed E-state index contributed by atoms with van der Waals surface area (Å²) in [6, 6.07) is 15.6. The molecule has 1 saturated carbocycles. The monoisotopic (exact) mass is 478 g/mol. The van der Waals surface area contributed by atoms with Crippen LogP contribution in [0, 0.1) is 23.7 Å². The highest BCUT2D eigenvalue weighted by atomic mass is 79.9. The van der Waals surface area contributed by atoms with E-state index >= 15 is 0 Å². The molecule has 0 saturated heterocycles. The van der Waals surface area contributed by atoms with Gasteiger partial charge in [0.05, 0.1) is 0 Å². The van der Waals surface area contributed by atoms with E-state index in [2.05, 4.69) is 55.5 Å². The molecule has 0 radical (unpaired) electrons. The van der Waals surface area contributed by atoms with E-state index in [1.165, 1.54) is 0 Å². The minimum Gasteiger partial charge on any atom is -0.289 e. The van der Waals surface area contributed by atoms with Gasteiger partial charge in [0.25, 0.3) is 0 Å².